The van der Waals surface area contributed by atoms with Crippen LogP contribution >= 0.6 is 0 Å². The third-order valence-electron chi connectivity index (χ3n) is 4.81. The van der Waals surface area contributed by atoms with Crippen molar-refractivity contribution in [1.82, 2.24) is 4.98 Å². The maximum Gasteiger partial charge on any atom is 0.494 e. The summed E-state index contributed by atoms with van der Waals surface area (Å²) < 4.78 is 12.1. The molecule has 0 atom stereocenters. The van der Waals surface area contributed by atoms with E-state index in [1.165, 1.54) is 0 Å². The Labute approximate surface area is 148 Å². The lowest BCUT2D eigenvalue weighted by Crippen LogP contribution is -2.41. The second-order valence-corrected chi connectivity index (χ2v) is 7.42. The van der Waals surface area contributed by atoms with E-state index in [2.05, 4.69) is 10.3 Å². The first-order chi connectivity index (χ1) is 11.7. The van der Waals surface area contributed by atoms with E-state index in [-0.39, 0.29) is 5.91 Å². The summed E-state index contributed by atoms with van der Waals surface area (Å²) in [6, 6.07) is 9.34. The van der Waals surface area contributed by atoms with E-state index in [1.807, 2.05) is 58.9 Å². The van der Waals surface area contributed by atoms with Crippen molar-refractivity contribution in [3.05, 3.63) is 53.9 Å². The van der Waals surface area contributed by atoms with Crippen molar-refractivity contribution >= 4 is 24.2 Å². The third kappa shape index (κ3) is 3.60. The molecule has 0 radical (unpaired) electrons. The zero-order valence-electron chi connectivity index (χ0n) is 15.3. The average Bonchev–Trinajstić information content (AvgIpc) is 2.76. The Morgan fingerprint density at radius 3 is 2.40 bits per heavy atom. The first kappa shape index (κ1) is 17.6. The Morgan fingerprint density at radius 2 is 1.76 bits per heavy atom. The molecule has 1 aliphatic heterocycles. The van der Waals surface area contributed by atoms with Crippen LogP contribution in [0, 0.1) is 6.92 Å². The van der Waals surface area contributed by atoms with Crippen LogP contribution in [0.4, 0.5) is 5.69 Å². The lowest BCUT2D eigenvalue weighted by Gasteiger charge is -2.32. The number of hydrogen-bond acceptors (Lipinski definition) is 4. The van der Waals surface area contributed by atoms with Crippen molar-refractivity contribution in [2.24, 2.45) is 0 Å². The zero-order chi connectivity index (χ0) is 18.2. The minimum absolute atomic E-state index is 0.192. The molecule has 0 spiro atoms. The third-order valence-corrected chi connectivity index (χ3v) is 4.81. The number of anilines is 1. The number of benzene rings is 1. The smallest absolute Gasteiger partial charge is 0.399 e. The molecular formula is C19H23BN2O3. The molecule has 3 rings (SSSR count). The molecule has 1 saturated heterocycles. The number of rotatable bonds is 3. The van der Waals surface area contributed by atoms with Gasteiger partial charge >= 0.3 is 7.12 Å². The van der Waals surface area contributed by atoms with Crippen molar-refractivity contribution in [3.63, 3.8) is 0 Å². The fourth-order valence-electron chi connectivity index (χ4n) is 2.62. The second kappa shape index (κ2) is 6.28. The fourth-order valence-corrected chi connectivity index (χ4v) is 2.62. The molecule has 130 valence electrons. The van der Waals surface area contributed by atoms with Crippen molar-refractivity contribution in [3.8, 4) is 0 Å². The van der Waals surface area contributed by atoms with E-state index < -0.39 is 18.3 Å². The van der Waals surface area contributed by atoms with Crippen LogP contribution < -0.4 is 10.8 Å². The quantitative estimate of drug-likeness (QED) is 0.874. The van der Waals surface area contributed by atoms with Crippen LogP contribution in [-0.2, 0) is 9.31 Å². The van der Waals surface area contributed by atoms with Crippen LogP contribution in [0.15, 0.2) is 42.7 Å². The summed E-state index contributed by atoms with van der Waals surface area (Å²) >= 11 is 0. The normalized spacial score (nSPS) is 18.2. The maximum absolute atomic E-state index is 12.4. The summed E-state index contributed by atoms with van der Waals surface area (Å²) in [6.45, 7) is 9.97. The SMILES string of the molecule is Cc1cncc(C(=O)Nc2cccc(B3OC(C)(C)C(C)(C)O3)c2)c1. The van der Waals surface area contributed by atoms with E-state index in [0.717, 1.165) is 11.0 Å². The summed E-state index contributed by atoms with van der Waals surface area (Å²) in [7, 11) is -0.456. The average molecular weight is 338 g/mol. The van der Waals surface area contributed by atoms with Gasteiger partial charge in [0.15, 0.2) is 0 Å². The van der Waals surface area contributed by atoms with E-state index >= 15 is 0 Å². The van der Waals surface area contributed by atoms with Gasteiger partial charge in [-0.1, -0.05) is 12.1 Å². The van der Waals surface area contributed by atoms with Crippen LogP contribution in [0.1, 0.15) is 43.6 Å². The van der Waals surface area contributed by atoms with Gasteiger partial charge in [0.05, 0.1) is 16.8 Å². The topological polar surface area (TPSA) is 60.5 Å². The molecule has 0 bridgehead atoms. The Balaban J connectivity index is 1.78. The van der Waals surface area contributed by atoms with Gasteiger partial charge in [-0.2, -0.15) is 0 Å². The molecule has 1 amide bonds. The number of hydrogen-bond donors (Lipinski definition) is 1. The van der Waals surface area contributed by atoms with Crippen LogP contribution in [0.3, 0.4) is 0 Å². The summed E-state index contributed by atoms with van der Waals surface area (Å²) in [4.78, 5) is 16.5. The standard InChI is InChI=1S/C19H23BN2O3/c1-13-9-14(12-21-11-13)17(23)22-16-8-6-7-15(10-16)20-24-18(2,3)19(4,5)25-20/h6-12H,1-5H3,(H,22,23). The molecular weight excluding hydrogens is 315 g/mol. The molecule has 0 saturated carbocycles. The molecule has 0 unspecified atom stereocenters. The van der Waals surface area contributed by atoms with Gasteiger partial charge in [-0.05, 0) is 63.8 Å². The summed E-state index contributed by atoms with van der Waals surface area (Å²) in [5.41, 5.74) is 2.24. The van der Waals surface area contributed by atoms with Gasteiger partial charge < -0.3 is 14.6 Å². The Hall–Kier alpha value is -2.18. The van der Waals surface area contributed by atoms with Crippen LogP contribution in [0.5, 0.6) is 0 Å². The van der Waals surface area contributed by atoms with Gasteiger partial charge in [-0.3, -0.25) is 9.78 Å². The first-order valence-corrected chi connectivity index (χ1v) is 8.36. The number of carbonyl (C=O) groups is 1. The second-order valence-electron chi connectivity index (χ2n) is 7.42. The van der Waals surface area contributed by atoms with Crippen molar-refractivity contribution < 1.29 is 14.1 Å². The van der Waals surface area contributed by atoms with Gasteiger partial charge in [-0.15, -0.1) is 0 Å². The Bertz CT molecular complexity index is 789. The first-order valence-electron chi connectivity index (χ1n) is 8.36. The van der Waals surface area contributed by atoms with Crippen molar-refractivity contribution in [1.29, 1.82) is 0 Å². The molecule has 1 fully saturated rings. The lowest BCUT2D eigenvalue weighted by molar-refractivity contribution is 0.00578. The lowest BCUT2D eigenvalue weighted by atomic mass is 9.79. The predicted molar refractivity (Wildman–Crippen MR) is 99.1 cm³/mol. The monoisotopic (exact) mass is 338 g/mol. The Kier molecular flexibility index (Phi) is 4.43. The molecule has 2 heterocycles. The number of nitrogens with zero attached hydrogens (tertiary/aromatic N) is 1. The molecule has 2 aromatic rings. The van der Waals surface area contributed by atoms with Gasteiger partial charge in [0.25, 0.3) is 5.91 Å². The van der Waals surface area contributed by atoms with Gasteiger partial charge in [-0.25, -0.2) is 0 Å². The van der Waals surface area contributed by atoms with Gasteiger partial charge in [0.2, 0.25) is 0 Å². The number of pyridine rings is 1. The highest BCUT2D eigenvalue weighted by Crippen LogP contribution is 2.36. The number of aromatic nitrogens is 1. The molecule has 6 heteroatoms. The number of carbonyl (C=O) groups excluding carboxylic acids is 1. The van der Waals surface area contributed by atoms with E-state index in [0.29, 0.717) is 11.3 Å². The van der Waals surface area contributed by atoms with Gasteiger partial charge in [0.1, 0.15) is 0 Å². The number of amides is 1. The molecule has 25 heavy (non-hydrogen) atoms. The van der Waals surface area contributed by atoms with Crippen molar-refractivity contribution in [2.45, 2.75) is 45.8 Å². The molecule has 5 nitrogen and oxygen atoms in total. The zero-order valence-corrected chi connectivity index (χ0v) is 15.3. The number of nitrogens with one attached hydrogen (secondary N) is 1. The highest BCUT2D eigenvalue weighted by Gasteiger charge is 2.51. The summed E-state index contributed by atoms with van der Waals surface area (Å²) in [5, 5.41) is 2.90. The highest BCUT2D eigenvalue weighted by atomic mass is 16.7. The molecule has 1 aliphatic rings. The van der Waals surface area contributed by atoms with Gasteiger partial charge in [0, 0.05) is 18.1 Å². The van der Waals surface area contributed by atoms with E-state index in [9.17, 15) is 4.79 Å². The molecule has 1 aromatic carbocycles. The van der Waals surface area contributed by atoms with Crippen LogP contribution in [0.25, 0.3) is 0 Å². The number of aryl methyl sites for hydroxylation is 1. The minimum atomic E-state index is -0.456. The molecule has 1 aromatic heterocycles. The molecule has 0 aliphatic carbocycles. The minimum Gasteiger partial charge on any atom is -0.399 e. The Morgan fingerprint density at radius 1 is 1.08 bits per heavy atom. The maximum atomic E-state index is 12.4. The van der Waals surface area contributed by atoms with Crippen LogP contribution in [0.2, 0.25) is 0 Å². The fraction of sp³-hybridized carbons (Fsp3) is 0.368. The van der Waals surface area contributed by atoms with Crippen molar-refractivity contribution in [2.75, 3.05) is 5.32 Å². The summed E-state index contributed by atoms with van der Waals surface area (Å²) in [5.74, 6) is -0.192. The molecule has 1 N–H and O–H groups in total. The van der Waals surface area contributed by atoms with E-state index in [1.54, 1.807) is 18.5 Å². The largest absolute Gasteiger partial charge is 0.494 e. The van der Waals surface area contributed by atoms with Crippen LogP contribution in [-0.4, -0.2) is 29.2 Å². The highest BCUT2D eigenvalue weighted by molar-refractivity contribution is 6.62. The summed E-state index contributed by atoms with van der Waals surface area (Å²) in [6.07, 6.45) is 3.27. The predicted octanol–water partition coefficient (Wildman–Crippen LogP) is 2.94. The van der Waals surface area contributed by atoms with E-state index in [4.69, 9.17) is 9.31 Å².